The highest BCUT2D eigenvalue weighted by molar-refractivity contribution is 9.10. The summed E-state index contributed by atoms with van der Waals surface area (Å²) in [6, 6.07) is 2.05. The lowest BCUT2D eigenvalue weighted by Crippen LogP contribution is -2.46. The van der Waals surface area contributed by atoms with Gasteiger partial charge in [-0.05, 0) is 35.3 Å². The van der Waals surface area contributed by atoms with Crippen LogP contribution < -0.4 is 4.90 Å². The van der Waals surface area contributed by atoms with Crippen LogP contribution in [0.5, 0.6) is 0 Å². The number of likely N-dealkylation sites (N-methyl/N-ethyl adjacent to an activating group) is 1. The second-order valence-corrected chi connectivity index (χ2v) is 5.92. The Balaban J connectivity index is 1.75. The maximum atomic E-state index is 4.74. The first-order chi connectivity index (χ1) is 8.76. The minimum Gasteiger partial charge on any atom is -0.354 e. The van der Waals surface area contributed by atoms with Crippen molar-refractivity contribution >= 4 is 21.7 Å². The van der Waals surface area contributed by atoms with Crippen molar-refractivity contribution in [2.45, 2.75) is 25.7 Å². The van der Waals surface area contributed by atoms with Gasteiger partial charge in [0.05, 0.1) is 0 Å². The van der Waals surface area contributed by atoms with Crippen molar-refractivity contribution in [2.75, 3.05) is 37.6 Å². The monoisotopic (exact) mass is 310 g/mol. The van der Waals surface area contributed by atoms with Crippen LogP contribution in [-0.4, -0.2) is 47.6 Å². The van der Waals surface area contributed by atoms with Crippen LogP contribution in [0.15, 0.2) is 10.7 Å². The molecular formula is C13H19BrN4. The molecule has 2 fully saturated rings. The Morgan fingerprint density at radius 1 is 1.22 bits per heavy atom. The van der Waals surface area contributed by atoms with Gasteiger partial charge >= 0.3 is 0 Å². The van der Waals surface area contributed by atoms with Crippen LogP contribution in [0, 0.1) is 0 Å². The Bertz CT molecular complexity index is 425. The van der Waals surface area contributed by atoms with Gasteiger partial charge in [0.25, 0.3) is 0 Å². The molecule has 0 unspecified atom stereocenters. The van der Waals surface area contributed by atoms with E-state index in [0.29, 0.717) is 5.92 Å². The predicted octanol–water partition coefficient (Wildman–Crippen LogP) is 2.26. The van der Waals surface area contributed by atoms with E-state index in [1.165, 1.54) is 12.8 Å². The molecule has 4 nitrogen and oxygen atoms in total. The van der Waals surface area contributed by atoms with Crippen molar-refractivity contribution in [3.63, 3.8) is 0 Å². The number of nitrogens with zero attached hydrogens (tertiary/aromatic N) is 4. The lowest BCUT2D eigenvalue weighted by molar-refractivity contribution is 0.270. The Morgan fingerprint density at radius 2 is 1.94 bits per heavy atom. The van der Waals surface area contributed by atoms with Gasteiger partial charge in [0, 0.05) is 38.2 Å². The van der Waals surface area contributed by atoms with E-state index in [4.69, 9.17) is 4.98 Å². The largest absolute Gasteiger partial charge is 0.354 e. The molecule has 1 aromatic rings. The van der Waals surface area contributed by atoms with E-state index >= 15 is 0 Å². The summed E-state index contributed by atoms with van der Waals surface area (Å²) < 4.78 is 0.923. The van der Waals surface area contributed by atoms with Crippen LogP contribution in [-0.2, 0) is 0 Å². The fraction of sp³-hybridized carbons (Fsp3) is 0.692. The highest BCUT2D eigenvalue weighted by Crippen LogP contribution is 2.39. The van der Waals surface area contributed by atoms with Gasteiger partial charge in [0.1, 0.15) is 16.2 Å². The van der Waals surface area contributed by atoms with Crippen LogP contribution in [0.3, 0.4) is 0 Å². The highest BCUT2D eigenvalue weighted by Gasteiger charge is 2.28. The van der Waals surface area contributed by atoms with Crippen molar-refractivity contribution in [2.24, 2.45) is 0 Å². The van der Waals surface area contributed by atoms with Crippen LogP contribution in [0.4, 0.5) is 5.82 Å². The Morgan fingerprint density at radius 3 is 2.56 bits per heavy atom. The molecule has 3 rings (SSSR count). The molecule has 1 saturated carbocycles. The van der Waals surface area contributed by atoms with Gasteiger partial charge in [-0.25, -0.2) is 9.97 Å². The molecule has 0 N–H and O–H groups in total. The molecule has 1 aliphatic heterocycles. The van der Waals surface area contributed by atoms with Gasteiger partial charge in [-0.15, -0.1) is 0 Å². The normalized spacial score (nSPS) is 21.3. The third-order valence-corrected chi connectivity index (χ3v) is 4.19. The standard InChI is InChI=1S/C13H19BrN4/c1-2-17-5-7-18(8-6-17)12-9-11(14)15-13(16-12)10-3-4-10/h9-10H,2-8H2,1H3. The number of halogens is 1. The lowest BCUT2D eigenvalue weighted by Gasteiger charge is -2.34. The average Bonchev–Trinajstić information content (AvgIpc) is 3.22. The number of hydrogen-bond acceptors (Lipinski definition) is 4. The molecule has 0 atom stereocenters. The molecule has 1 aromatic heterocycles. The van der Waals surface area contributed by atoms with Crippen LogP contribution in [0.1, 0.15) is 31.5 Å². The summed E-state index contributed by atoms with van der Waals surface area (Å²) in [7, 11) is 0. The fourth-order valence-corrected chi connectivity index (χ4v) is 2.79. The molecule has 1 saturated heterocycles. The summed E-state index contributed by atoms with van der Waals surface area (Å²) >= 11 is 3.51. The van der Waals surface area contributed by atoms with Gasteiger partial charge in [0.2, 0.25) is 0 Å². The van der Waals surface area contributed by atoms with Gasteiger partial charge < -0.3 is 9.80 Å². The van der Waals surface area contributed by atoms with Crippen molar-refractivity contribution < 1.29 is 0 Å². The molecule has 0 spiro atoms. The van der Waals surface area contributed by atoms with Crippen molar-refractivity contribution in [3.05, 3.63) is 16.5 Å². The van der Waals surface area contributed by atoms with E-state index in [1.54, 1.807) is 0 Å². The third-order valence-electron chi connectivity index (χ3n) is 3.78. The van der Waals surface area contributed by atoms with E-state index in [0.717, 1.165) is 49.0 Å². The van der Waals surface area contributed by atoms with Gasteiger partial charge in [0.15, 0.2) is 0 Å². The maximum absolute atomic E-state index is 4.74. The number of hydrogen-bond donors (Lipinski definition) is 0. The zero-order chi connectivity index (χ0) is 12.5. The summed E-state index contributed by atoms with van der Waals surface area (Å²) in [5.41, 5.74) is 0. The van der Waals surface area contributed by atoms with Crippen molar-refractivity contribution in [3.8, 4) is 0 Å². The topological polar surface area (TPSA) is 32.3 Å². The number of piperazine rings is 1. The van der Waals surface area contributed by atoms with Gasteiger partial charge in [-0.2, -0.15) is 0 Å². The minimum absolute atomic E-state index is 0.609. The van der Waals surface area contributed by atoms with Crippen molar-refractivity contribution in [1.29, 1.82) is 0 Å². The van der Waals surface area contributed by atoms with Crippen LogP contribution >= 0.6 is 15.9 Å². The average molecular weight is 311 g/mol. The van der Waals surface area contributed by atoms with Gasteiger partial charge in [-0.3, -0.25) is 0 Å². The second-order valence-electron chi connectivity index (χ2n) is 5.10. The molecule has 2 aliphatic rings. The summed E-state index contributed by atoms with van der Waals surface area (Å²) in [5, 5.41) is 0. The molecule has 1 aliphatic carbocycles. The third kappa shape index (κ3) is 2.67. The first-order valence-electron chi connectivity index (χ1n) is 6.78. The quantitative estimate of drug-likeness (QED) is 0.802. The highest BCUT2D eigenvalue weighted by atomic mass is 79.9. The second kappa shape index (κ2) is 5.13. The summed E-state index contributed by atoms with van der Waals surface area (Å²) in [5.74, 6) is 2.73. The van der Waals surface area contributed by atoms with E-state index in [-0.39, 0.29) is 0 Å². The first-order valence-corrected chi connectivity index (χ1v) is 7.57. The van der Waals surface area contributed by atoms with E-state index in [2.05, 4.69) is 37.6 Å². The molecule has 5 heteroatoms. The molecule has 0 radical (unpaired) electrons. The Labute approximate surface area is 117 Å². The van der Waals surface area contributed by atoms with Crippen molar-refractivity contribution in [1.82, 2.24) is 14.9 Å². The molecule has 0 aromatic carbocycles. The molecular weight excluding hydrogens is 292 g/mol. The zero-order valence-corrected chi connectivity index (χ0v) is 12.4. The molecule has 0 amide bonds. The molecule has 2 heterocycles. The van der Waals surface area contributed by atoms with E-state index in [9.17, 15) is 0 Å². The first kappa shape index (κ1) is 12.4. The lowest BCUT2D eigenvalue weighted by atomic mass is 10.3. The summed E-state index contributed by atoms with van der Waals surface area (Å²) in [4.78, 5) is 14.1. The Kier molecular flexibility index (Phi) is 3.52. The summed E-state index contributed by atoms with van der Waals surface area (Å²) in [6.07, 6.45) is 2.50. The number of aromatic nitrogens is 2. The Hall–Kier alpha value is -0.680. The van der Waals surface area contributed by atoms with E-state index in [1.807, 2.05) is 6.07 Å². The fourth-order valence-electron chi connectivity index (χ4n) is 2.40. The molecule has 18 heavy (non-hydrogen) atoms. The van der Waals surface area contributed by atoms with Crippen LogP contribution in [0.25, 0.3) is 0 Å². The number of rotatable bonds is 3. The molecule has 98 valence electrons. The van der Waals surface area contributed by atoms with Crippen LogP contribution in [0.2, 0.25) is 0 Å². The van der Waals surface area contributed by atoms with E-state index < -0.39 is 0 Å². The predicted molar refractivity (Wildman–Crippen MR) is 76.0 cm³/mol. The zero-order valence-electron chi connectivity index (χ0n) is 10.8. The number of anilines is 1. The molecule has 0 bridgehead atoms. The SMILES string of the molecule is CCN1CCN(c2cc(Br)nc(C3CC3)n2)CC1. The minimum atomic E-state index is 0.609. The maximum Gasteiger partial charge on any atom is 0.135 e. The summed E-state index contributed by atoms with van der Waals surface area (Å²) in [6.45, 7) is 7.79. The smallest absolute Gasteiger partial charge is 0.135 e. The van der Waals surface area contributed by atoms with Gasteiger partial charge in [-0.1, -0.05) is 6.92 Å².